The highest BCUT2D eigenvalue weighted by Gasteiger charge is 2.27. The Kier molecular flexibility index (Phi) is 3.72. The minimum absolute atomic E-state index is 0.217. The lowest BCUT2D eigenvalue weighted by atomic mass is 10.3. The van der Waals surface area contributed by atoms with Crippen molar-refractivity contribution in [1.29, 1.82) is 0 Å². The van der Waals surface area contributed by atoms with Gasteiger partial charge in [0.25, 0.3) is 5.69 Å². The number of carbonyl (C=O) groups is 1. The number of benzene rings is 1. The van der Waals surface area contributed by atoms with Crippen LogP contribution in [0.4, 0.5) is 5.69 Å². The molecular formula is C11H8N2O7S. The molecule has 0 amide bonds. The van der Waals surface area contributed by atoms with Gasteiger partial charge in [-0.05, 0) is 6.07 Å². The van der Waals surface area contributed by atoms with Crippen LogP contribution >= 0.6 is 0 Å². The first-order chi connectivity index (χ1) is 9.81. The SMILES string of the molecule is O=C(O)c1cc(CS(=O)(=O)c2ccccc2[N+](=O)[O-])on1. The van der Waals surface area contributed by atoms with Gasteiger partial charge in [-0.2, -0.15) is 0 Å². The molecule has 0 aliphatic rings. The molecule has 0 atom stereocenters. The lowest BCUT2D eigenvalue weighted by Gasteiger charge is -2.02. The van der Waals surface area contributed by atoms with E-state index in [0.717, 1.165) is 18.2 Å². The van der Waals surface area contributed by atoms with Crippen LogP contribution in [0.3, 0.4) is 0 Å². The number of carboxylic acid groups (broad SMARTS) is 1. The van der Waals surface area contributed by atoms with Gasteiger partial charge in [-0.1, -0.05) is 17.3 Å². The molecule has 0 fully saturated rings. The van der Waals surface area contributed by atoms with Crippen molar-refractivity contribution in [2.24, 2.45) is 0 Å². The topological polar surface area (TPSA) is 141 Å². The van der Waals surface area contributed by atoms with Crippen LogP contribution in [-0.4, -0.2) is 29.6 Å². The van der Waals surface area contributed by atoms with Crippen molar-refractivity contribution in [3.05, 3.63) is 51.9 Å². The number of nitro benzene ring substituents is 1. The molecular weight excluding hydrogens is 304 g/mol. The van der Waals surface area contributed by atoms with E-state index in [1.54, 1.807) is 0 Å². The zero-order valence-corrected chi connectivity index (χ0v) is 11.1. The number of carboxylic acids is 1. The Hall–Kier alpha value is -2.75. The van der Waals surface area contributed by atoms with Crippen molar-refractivity contribution in [2.75, 3.05) is 0 Å². The van der Waals surface area contributed by atoms with Crippen LogP contribution in [0.25, 0.3) is 0 Å². The van der Waals surface area contributed by atoms with Crippen molar-refractivity contribution >= 4 is 21.5 Å². The summed E-state index contributed by atoms with van der Waals surface area (Å²) in [6.07, 6.45) is 0. The van der Waals surface area contributed by atoms with Gasteiger partial charge in [0.2, 0.25) is 0 Å². The van der Waals surface area contributed by atoms with Crippen LogP contribution in [-0.2, 0) is 15.6 Å². The van der Waals surface area contributed by atoms with Gasteiger partial charge >= 0.3 is 5.97 Å². The molecule has 1 aromatic heterocycles. The molecule has 0 saturated carbocycles. The van der Waals surface area contributed by atoms with Crippen molar-refractivity contribution in [3.63, 3.8) is 0 Å². The zero-order chi connectivity index (χ0) is 15.6. The molecule has 0 aliphatic heterocycles. The second-order valence-electron chi connectivity index (χ2n) is 3.97. The Morgan fingerprint density at radius 1 is 1.38 bits per heavy atom. The summed E-state index contributed by atoms with van der Waals surface area (Å²) in [6, 6.07) is 5.81. The van der Waals surface area contributed by atoms with E-state index in [2.05, 4.69) is 9.68 Å². The predicted octanol–water partition coefficient (Wildman–Crippen LogP) is 1.25. The van der Waals surface area contributed by atoms with Crippen molar-refractivity contribution in [1.82, 2.24) is 5.16 Å². The smallest absolute Gasteiger partial charge is 0.358 e. The number of aromatic nitrogens is 1. The highest BCUT2D eigenvalue weighted by molar-refractivity contribution is 7.90. The summed E-state index contributed by atoms with van der Waals surface area (Å²) in [5, 5.41) is 22.7. The van der Waals surface area contributed by atoms with Gasteiger partial charge in [0.15, 0.2) is 21.3 Å². The van der Waals surface area contributed by atoms with Crippen LogP contribution in [0, 0.1) is 10.1 Å². The second-order valence-corrected chi connectivity index (χ2v) is 5.93. The molecule has 21 heavy (non-hydrogen) atoms. The average molecular weight is 312 g/mol. The summed E-state index contributed by atoms with van der Waals surface area (Å²) < 4.78 is 28.9. The van der Waals surface area contributed by atoms with E-state index < -0.39 is 42.8 Å². The van der Waals surface area contributed by atoms with Crippen LogP contribution < -0.4 is 0 Å². The zero-order valence-electron chi connectivity index (χ0n) is 10.3. The third kappa shape index (κ3) is 3.05. The standard InChI is InChI=1S/C11H8N2O7S/c14-11(15)8-5-7(20-12-8)6-21(18,19)10-4-2-1-3-9(10)13(16)17/h1-5H,6H2,(H,14,15). The fraction of sp³-hybridized carbons (Fsp3) is 0.0909. The van der Waals surface area contributed by atoms with Gasteiger partial charge in [0.1, 0.15) is 10.6 Å². The van der Waals surface area contributed by atoms with Gasteiger partial charge < -0.3 is 9.63 Å². The first-order valence-corrected chi connectivity index (χ1v) is 7.11. The Labute approximate surface area is 117 Å². The monoisotopic (exact) mass is 312 g/mol. The Morgan fingerprint density at radius 2 is 2.05 bits per heavy atom. The van der Waals surface area contributed by atoms with Gasteiger partial charge in [-0.25, -0.2) is 13.2 Å². The molecule has 10 heteroatoms. The molecule has 1 N–H and O–H groups in total. The molecule has 0 radical (unpaired) electrons. The van der Waals surface area contributed by atoms with Gasteiger partial charge in [-0.3, -0.25) is 10.1 Å². The molecule has 0 aliphatic carbocycles. The molecule has 0 bridgehead atoms. The van der Waals surface area contributed by atoms with E-state index in [1.165, 1.54) is 12.1 Å². The predicted molar refractivity (Wildman–Crippen MR) is 67.4 cm³/mol. The molecule has 0 unspecified atom stereocenters. The highest BCUT2D eigenvalue weighted by Crippen LogP contribution is 2.26. The Balaban J connectivity index is 2.38. The maximum absolute atomic E-state index is 12.2. The summed E-state index contributed by atoms with van der Waals surface area (Å²) >= 11 is 0. The van der Waals surface area contributed by atoms with Crippen molar-refractivity contribution < 1.29 is 27.8 Å². The van der Waals surface area contributed by atoms with Crippen LogP contribution in [0.1, 0.15) is 16.2 Å². The minimum Gasteiger partial charge on any atom is -0.476 e. The summed E-state index contributed by atoms with van der Waals surface area (Å²) in [4.78, 5) is 20.2. The summed E-state index contributed by atoms with van der Waals surface area (Å²) in [6.45, 7) is 0. The van der Waals surface area contributed by atoms with Crippen molar-refractivity contribution in [2.45, 2.75) is 10.6 Å². The lowest BCUT2D eigenvalue weighted by Crippen LogP contribution is -2.07. The number of para-hydroxylation sites is 1. The number of nitro groups is 1. The van der Waals surface area contributed by atoms with E-state index in [1.807, 2.05) is 0 Å². The number of aromatic carboxylic acids is 1. The molecule has 2 rings (SSSR count). The Bertz CT molecular complexity index is 809. The largest absolute Gasteiger partial charge is 0.476 e. The second kappa shape index (κ2) is 5.32. The molecule has 0 saturated heterocycles. The van der Waals surface area contributed by atoms with E-state index in [9.17, 15) is 23.3 Å². The summed E-state index contributed by atoms with van der Waals surface area (Å²) in [5.41, 5.74) is -1.00. The van der Waals surface area contributed by atoms with Gasteiger partial charge in [0, 0.05) is 12.1 Å². The fourth-order valence-corrected chi connectivity index (χ4v) is 3.03. The normalized spacial score (nSPS) is 11.2. The maximum Gasteiger partial charge on any atom is 0.358 e. The number of hydrogen-bond donors (Lipinski definition) is 1. The minimum atomic E-state index is -4.07. The summed E-state index contributed by atoms with van der Waals surface area (Å²) in [5.74, 6) is -2.31. The summed E-state index contributed by atoms with van der Waals surface area (Å²) in [7, 11) is -4.07. The molecule has 1 heterocycles. The first kappa shape index (κ1) is 14.7. The Morgan fingerprint density at radius 3 is 2.62 bits per heavy atom. The fourth-order valence-electron chi connectivity index (χ4n) is 1.62. The molecule has 9 nitrogen and oxygen atoms in total. The third-order valence-corrected chi connectivity index (χ3v) is 4.19. The van der Waals surface area contributed by atoms with Crippen LogP contribution in [0.15, 0.2) is 39.8 Å². The molecule has 2 aromatic rings. The van der Waals surface area contributed by atoms with Gasteiger partial charge in [0.05, 0.1) is 4.92 Å². The first-order valence-electron chi connectivity index (χ1n) is 5.46. The molecule has 0 spiro atoms. The third-order valence-electron chi connectivity index (χ3n) is 2.51. The number of rotatable bonds is 5. The van der Waals surface area contributed by atoms with E-state index in [4.69, 9.17) is 5.11 Å². The van der Waals surface area contributed by atoms with E-state index in [-0.39, 0.29) is 5.76 Å². The lowest BCUT2D eigenvalue weighted by molar-refractivity contribution is -0.387. The number of nitrogens with zero attached hydrogens (tertiary/aromatic N) is 2. The van der Waals surface area contributed by atoms with E-state index in [0.29, 0.717) is 0 Å². The average Bonchev–Trinajstić information content (AvgIpc) is 2.86. The highest BCUT2D eigenvalue weighted by atomic mass is 32.2. The van der Waals surface area contributed by atoms with E-state index >= 15 is 0 Å². The van der Waals surface area contributed by atoms with Crippen molar-refractivity contribution in [3.8, 4) is 0 Å². The van der Waals surface area contributed by atoms with Crippen LogP contribution in [0.2, 0.25) is 0 Å². The maximum atomic E-state index is 12.2. The quantitative estimate of drug-likeness (QED) is 0.642. The molecule has 110 valence electrons. The number of sulfone groups is 1. The molecule has 1 aromatic carbocycles. The number of hydrogen-bond acceptors (Lipinski definition) is 7. The van der Waals surface area contributed by atoms with Gasteiger partial charge in [-0.15, -0.1) is 0 Å². The van der Waals surface area contributed by atoms with Crippen LogP contribution in [0.5, 0.6) is 0 Å².